The molecule has 0 amide bonds. The van der Waals surface area contributed by atoms with Crippen molar-refractivity contribution >= 4 is 23.9 Å². The standard InChI is InChI=1S/C33H51NO3.ClH/c1-7-8-10-14-23(2)25(4)26-21-28(36-30(35)15-13-20-34-18-11-9-12-19-34)32-29(22-26)37-33(5,6)27-17-16-24(3)31(27)32;/h21-25H,7-20H2,1-6H3;1H. The normalized spacial score (nSPS) is 22.1. The van der Waals surface area contributed by atoms with Gasteiger partial charge < -0.3 is 14.4 Å². The number of ether oxygens (including phenoxy) is 2. The van der Waals surface area contributed by atoms with Crippen molar-refractivity contribution in [2.75, 3.05) is 19.6 Å². The summed E-state index contributed by atoms with van der Waals surface area (Å²) >= 11 is 0. The number of carbonyl (C=O) groups excluding carboxylic acids is 1. The van der Waals surface area contributed by atoms with Crippen molar-refractivity contribution in [3.05, 3.63) is 28.8 Å². The van der Waals surface area contributed by atoms with Crippen LogP contribution in [0.4, 0.5) is 0 Å². The summed E-state index contributed by atoms with van der Waals surface area (Å²) < 4.78 is 12.9. The number of hydrogen-bond acceptors (Lipinski definition) is 4. The highest BCUT2D eigenvalue weighted by atomic mass is 35.5. The largest absolute Gasteiger partial charge is 0.483 e. The van der Waals surface area contributed by atoms with E-state index in [0.29, 0.717) is 24.2 Å². The summed E-state index contributed by atoms with van der Waals surface area (Å²) in [5.74, 6) is 2.90. The average Bonchev–Trinajstić information content (AvgIpc) is 3.26. The van der Waals surface area contributed by atoms with Crippen LogP contribution in [0.3, 0.4) is 0 Å². The number of piperidine rings is 1. The van der Waals surface area contributed by atoms with Gasteiger partial charge in [0.1, 0.15) is 17.1 Å². The first kappa shape index (κ1) is 31.0. The van der Waals surface area contributed by atoms with E-state index >= 15 is 0 Å². The van der Waals surface area contributed by atoms with E-state index in [9.17, 15) is 4.79 Å². The van der Waals surface area contributed by atoms with Crippen LogP contribution in [0.15, 0.2) is 17.7 Å². The Morgan fingerprint density at radius 3 is 2.58 bits per heavy atom. The zero-order chi connectivity index (χ0) is 26.6. The highest BCUT2D eigenvalue weighted by Crippen LogP contribution is 2.54. The smallest absolute Gasteiger partial charge is 0.311 e. The van der Waals surface area contributed by atoms with Crippen molar-refractivity contribution in [2.24, 2.45) is 11.8 Å². The summed E-state index contributed by atoms with van der Waals surface area (Å²) in [5.41, 5.74) is 4.68. The molecule has 1 aromatic rings. The Bertz CT molecular complexity index is 979. The second-order valence-electron chi connectivity index (χ2n) is 12.6. The van der Waals surface area contributed by atoms with E-state index in [-0.39, 0.29) is 24.0 Å². The summed E-state index contributed by atoms with van der Waals surface area (Å²) in [5, 5.41) is 0. The fourth-order valence-corrected chi connectivity index (χ4v) is 6.69. The quantitative estimate of drug-likeness (QED) is 0.158. The molecule has 4 rings (SSSR count). The molecule has 1 saturated heterocycles. The molecule has 3 aliphatic rings. The molecular formula is C33H52ClNO3. The van der Waals surface area contributed by atoms with Crippen LogP contribution in [0.25, 0.3) is 5.57 Å². The van der Waals surface area contributed by atoms with E-state index < -0.39 is 0 Å². The maximum Gasteiger partial charge on any atom is 0.311 e. The molecule has 2 heterocycles. The van der Waals surface area contributed by atoms with Crippen LogP contribution in [0.1, 0.15) is 129 Å². The fraction of sp³-hybridized carbons (Fsp3) is 0.727. The molecule has 4 nitrogen and oxygen atoms in total. The third-order valence-corrected chi connectivity index (χ3v) is 9.26. The lowest BCUT2D eigenvalue weighted by atomic mass is 9.81. The summed E-state index contributed by atoms with van der Waals surface area (Å²) in [6.07, 6.45) is 12.4. The van der Waals surface area contributed by atoms with Gasteiger partial charge in [0.2, 0.25) is 0 Å². The van der Waals surface area contributed by atoms with Crippen LogP contribution in [-0.2, 0) is 4.79 Å². The Morgan fingerprint density at radius 1 is 1.13 bits per heavy atom. The van der Waals surface area contributed by atoms with Crippen molar-refractivity contribution in [2.45, 2.75) is 124 Å². The third kappa shape index (κ3) is 7.16. The Balaban J connectivity index is 0.00000400. The van der Waals surface area contributed by atoms with Crippen LogP contribution in [0.5, 0.6) is 11.5 Å². The van der Waals surface area contributed by atoms with Crippen molar-refractivity contribution in [1.82, 2.24) is 4.90 Å². The molecule has 0 aromatic heterocycles. The van der Waals surface area contributed by atoms with Gasteiger partial charge in [-0.05, 0) is 112 Å². The number of rotatable bonds is 11. The number of benzene rings is 1. The first-order valence-electron chi connectivity index (χ1n) is 15.2. The minimum atomic E-state index is -0.322. The molecule has 1 aromatic carbocycles. The number of fused-ring (bicyclic) bond motifs is 2. The second-order valence-corrected chi connectivity index (χ2v) is 12.6. The number of unbranched alkanes of at least 4 members (excludes halogenated alkanes) is 2. The lowest BCUT2D eigenvalue weighted by Crippen LogP contribution is -2.34. The molecular weight excluding hydrogens is 494 g/mol. The van der Waals surface area contributed by atoms with Gasteiger partial charge >= 0.3 is 5.97 Å². The van der Waals surface area contributed by atoms with E-state index in [1.807, 2.05) is 0 Å². The Labute approximate surface area is 238 Å². The number of hydrogen-bond donors (Lipinski definition) is 0. The summed E-state index contributed by atoms with van der Waals surface area (Å²) in [6.45, 7) is 17.0. The molecule has 0 N–H and O–H groups in total. The van der Waals surface area contributed by atoms with Crippen LogP contribution in [0.2, 0.25) is 0 Å². The molecule has 3 atom stereocenters. The van der Waals surface area contributed by atoms with Gasteiger partial charge in [0.15, 0.2) is 0 Å². The number of carbonyl (C=O) groups is 1. The summed E-state index contributed by atoms with van der Waals surface area (Å²) in [6, 6.07) is 4.42. The molecule has 0 bridgehead atoms. The Morgan fingerprint density at radius 2 is 1.87 bits per heavy atom. The van der Waals surface area contributed by atoms with Gasteiger partial charge in [-0.1, -0.05) is 59.8 Å². The SMILES string of the molecule is CCCCCC(C)C(C)c1cc(OC(=O)CCCN2CCCCC2)c2c(c1)OC(C)(C)C1=C2C(C)CC1.Cl. The molecule has 0 spiro atoms. The van der Waals surface area contributed by atoms with E-state index in [2.05, 4.69) is 58.6 Å². The van der Waals surface area contributed by atoms with Crippen LogP contribution >= 0.6 is 12.4 Å². The lowest BCUT2D eigenvalue weighted by Gasteiger charge is -2.37. The number of esters is 1. The monoisotopic (exact) mass is 545 g/mol. The minimum Gasteiger partial charge on any atom is -0.483 e. The maximum atomic E-state index is 13.1. The predicted octanol–water partition coefficient (Wildman–Crippen LogP) is 8.95. The maximum absolute atomic E-state index is 13.1. The van der Waals surface area contributed by atoms with Crippen molar-refractivity contribution in [1.29, 1.82) is 0 Å². The van der Waals surface area contributed by atoms with Crippen molar-refractivity contribution in [3.8, 4) is 11.5 Å². The van der Waals surface area contributed by atoms with Gasteiger partial charge in [0.05, 0.1) is 5.56 Å². The number of likely N-dealkylation sites (tertiary alicyclic amines) is 1. The molecule has 214 valence electrons. The molecule has 0 radical (unpaired) electrons. The van der Waals surface area contributed by atoms with E-state index in [1.165, 1.54) is 74.7 Å². The Kier molecular flexibility index (Phi) is 11.2. The molecule has 1 fully saturated rings. The highest BCUT2D eigenvalue weighted by Gasteiger charge is 2.42. The fourth-order valence-electron chi connectivity index (χ4n) is 6.69. The van der Waals surface area contributed by atoms with Crippen molar-refractivity contribution in [3.63, 3.8) is 0 Å². The number of halogens is 1. The average molecular weight is 546 g/mol. The van der Waals surface area contributed by atoms with E-state index in [4.69, 9.17) is 9.47 Å². The first-order valence-corrected chi connectivity index (χ1v) is 15.2. The molecule has 0 saturated carbocycles. The second kappa shape index (κ2) is 13.7. The molecule has 5 heteroatoms. The van der Waals surface area contributed by atoms with Crippen molar-refractivity contribution < 1.29 is 14.3 Å². The molecule has 1 aliphatic carbocycles. The zero-order valence-electron chi connectivity index (χ0n) is 24.9. The van der Waals surface area contributed by atoms with Gasteiger partial charge in [0, 0.05) is 6.42 Å². The van der Waals surface area contributed by atoms with Crippen LogP contribution < -0.4 is 9.47 Å². The third-order valence-electron chi connectivity index (χ3n) is 9.26. The summed E-state index contributed by atoms with van der Waals surface area (Å²) in [7, 11) is 0. The van der Waals surface area contributed by atoms with Crippen LogP contribution in [-0.4, -0.2) is 36.1 Å². The van der Waals surface area contributed by atoms with Gasteiger partial charge in [-0.25, -0.2) is 0 Å². The van der Waals surface area contributed by atoms with Crippen LogP contribution in [0, 0.1) is 11.8 Å². The van der Waals surface area contributed by atoms with Gasteiger partial charge in [0.25, 0.3) is 0 Å². The summed E-state index contributed by atoms with van der Waals surface area (Å²) in [4.78, 5) is 15.6. The number of nitrogens with zero attached hydrogens (tertiary/aromatic N) is 1. The zero-order valence-corrected chi connectivity index (χ0v) is 25.7. The predicted molar refractivity (Wildman–Crippen MR) is 161 cm³/mol. The molecule has 38 heavy (non-hydrogen) atoms. The molecule has 2 aliphatic heterocycles. The minimum absolute atomic E-state index is 0. The highest BCUT2D eigenvalue weighted by molar-refractivity contribution is 5.86. The van der Waals surface area contributed by atoms with E-state index in [1.54, 1.807) is 0 Å². The van der Waals surface area contributed by atoms with Gasteiger partial charge in [-0.2, -0.15) is 0 Å². The van der Waals surface area contributed by atoms with E-state index in [0.717, 1.165) is 42.9 Å². The Hall–Kier alpha value is -1.52. The van der Waals surface area contributed by atoms with Gasteiger partial charge in [-0.3, -0.25) is 4.79 Å². The molecule has 3 unspecified atom stereocenters. The first-order chi connectivity index (χ1) is 17.7. The lowest BCUT2D eigenvalue weighted by molar-refractivity contribution is -0.134. The topological polar surface area (TPSA) is 38.8 Å². The number of allylic oxidation sites excluding steroid dienone is 1. The van der Waals surface area contributed by atoms with Gasteiger partial charge in [-0.15, -0.1) is 12.4 Å².